The fourth-order valence-corrected chi connectivity index (χ4v) is 4.92. The first kappa shape index (κ1) is 17.3. The molecule has 0 unspecified atom stereocenters. The van der Waals surface area contributed by atoms with Crippen LogP contribution >= 0.6 is 0 Å². The second-order valence-corrected chi connectivity index (χ2v) is 8.44. The van der Waals surface area contributed by atoms with Gasteiger partial charge in [0.25, 0.3) is 0 Å². The first-order valence-electron chi connectivity index (χ1n) is 10.4. The van der Waals surface area contributed by atoms with Gasteiger partial charge in [0.15, 0.2) is 0 Å². The normalized spacial score (nSPS) is 12.0. The Bertz CT molecular complexity index is 1630. The smallest absolute Gasteiger partial charge is 0.139 e. The number of rotatable bonds is 1. The van der Waals surface area contributed by atoms with Crippen molar-refractivity contribution in [1.82, 2.24) is 0 Å². The highest BCUT2D eigenvalue weighted by molar-refractivity contribution is 6.10. The molecule has 0 radical (unpaired) electrons. The van der Waals surface area contributed by atoms with Crippen molar-refractivity contribution in [2.24, 2.45) is 0 Å². The van der Waals surface area contributed by atoms with Crippen LogP contribution in [-0.2, 0) is 0 Å². The van der Waals surface area contributed by atoms with Crippen LogP contribution in [0.1, 0.15) is 22.3 Å². The SMILES string of the molecule is Cc1cc(C)c2oc3cc(-c4cc(C)c5c(oc6ccccc65)c4C)ccc3c2c1. The molecule has 6 aromatic rings. The minimum atomic E-state index is 0.929. The Hall–Kier alpha value is -3.52. The molecule has 0 aliphatic heterocycles. The van der Waals surface area contributed by atoms with Crippen LogP contribution < -0.4 is 0 Å². The van der Waals surface area contributed by atoms with E-state index in [9.17, 15) is 0 Å². The van der Waals surface area contributed by atoms with Crippen molar-refractivity contribution in [3.8, 4) is 11.1 Å². The van der Waals surface area contributed by atoms with Crippen LogP contribution in [0.15, 0.2) is 69.5 Å². The number of hydrogen-bond acceptors (Lipinski definition) is 2. The van der Waals surface area contributed by atoms with Crippen molar-refractivity contribution in [3.63, 3.8) is 0 Å². The van der Waals surface area contributed by atoms with E-state index in [0.717, 1.165) is 33.5 Å². The Balaban J connectivity index is 1.63. The maximum absolute atomic E-state index is 6.28. The van der Waals surface area contributed by atoms with Gasteiger partial charge in [-0.3, -0.25) is 0 Å². The summed E-state index contributed by atoms with van der Waals surface area (Å²) in [6.45, 7) is 8.56. The average molecular weight is 390 g/mol. The van der Waals surface area contributed by atoms with Gasteiger partial charge in [0.05, 0.1) is 0 Å². The first-order chi connectivity index (χ1) is 14.5. The molecule has 2 heteroatoms. The first-order valence-corrected chi connectivity index (χ1v) is 10.4. The minimum absolute atomic E-state index is 0.929. The molecule has 0 saturated carbocycles. The zero-order valence-corrected chi connectivity index (χ0v) is 17.6. The summed E-state index contributed by atoms with van der Waals surface area (Å²) < 4.78 is 12.5. The summed E-state index contributed by atoms with van der Waals surface area (Å²) in [7, 11) is 0. The monoisotopic (exact) mass is 390 g/mol. The van der Waals surface area contributed by atoms with Gasteiger partial charge in [0, 0.05) is 27.1 Å². The number of para-hydroxylation sites is 1. The lowest BCUT2D eigenvalue weighted by Gasteiger charge is -2.09. The van der Waals surface area contributed by atoms with Crippen LogP contribution in [0.2, 0.25) is 0 Å². The summed E-state index contributed by atoms with van der Waals surface area (Å²) in [4.78, 5) is 0. The third-order valence-corrected chi connectivity index (χ3v) is 6.31. The van der Waals surface area contributed by atoms with E-state index in [0.29, 0.717) is 0 Å². The van der Waals surface area contributed by atoms with E-state index in [-0.39, 0.29) is 0 Å². The van der Waals surface area contributed by atoms with Gasteiger partial charge in [-0.25, -0.2) is 0 Å². The summed E-state index contributed by atoms with van der Waals surface area (Å²) in [5, 5.41) is 4.75. The minimum Gasteiger partial charge on any atom is -0.456 e. The molecule has 4 aromatic carbocycles. The summed E-state index contributed by atoms with van der Waals surface area (Å²) >= 11 is 0. The molecule has 0 saturated heterocycles. The number of hydrogen-bond donors (Lipinski definition) is 0. The van der Waals surface area contributed by atoms with E-state index < -0.39 is 0 Å². The Labute approximate surface area is 174 Å². The number of aryl methyl sites for hydroxylation is 4. The van der Waals surface area contributed by atoms with Crippen molar-refractivity contribution in [1.29, 1.82) is 0 Å². The highest BCUT2D eigenvalue weighted by Gasteiger charge is 2.17. The van der Waals surface area contributed by atoms with Gasteiger partial charge in [0.2, 0.25) is 0 Å². The lowest BCUT2D eigenvalue weighted by atomic mass is 9.94. The Morgan fingerprint density at radius 3 is 2.27 bits per heavy atom. The highest BCUT2D eigenvalue weighted by Crippen LogP contribution is 2.40. The average Bonchev–Trinajstić information content (AvgIpc) is 3.30. The molecule has 2 nitrogen and oxygen atoms in total. The third-order valence-electron chi connectivity index (χ3n) is 6.31. The van der Waals surface area contributed by atoms with E-state index in [1.54, 1.807) is 0 Å². The van der Waals surface area contributed by atoms with Gasteiger partial charge < -0.3 is 8.83 Å². The van der Waals surface area contributed by atoms with Gasteiger partial charge in [-0.15, -0.1) is 0 Å². The fraction of sp³-hybridized carbons (Fsp3) is 0.143. The van der Waals surface area contributed by atoms with E-state index in [4.69, 9.17) is 8.83 Å². The van der Waals surface area contributed by atoms with Crippen molar-refractivity contribution >= 4 is 43.9 Å². The summed E-state index contributed by atoms with van der Waals surface area (Å²) in [5.74, 6) is 0. The molecule has 146 valence electrons. The van der Waals surface area contributed by atoms with Crippen LogP contribution in [0.25, 0.3) is 55.0 Å². The number of furan rings is 2. The predicted molar refractivity (Wildman–Crippen MR) is 125 cm³/mol. The van der Waals surface area contributed by atoms with Crippen LogP contribution in [-0.4, -0.2) is 0 Å². The molecule has 30 heavy (non-hydrogen) atoms. The van der Waals surface area contributed by atoms with Gasteiger partial charge in [0.1, 0.15) is 22.3 Å². The topological polar surface area (TPSA) is 26.3 Å². The zero-order chi connectivity index (χ0) is 20.6. The molecule has 2 heterocycles. The van der Waals surface area contributed by atoms with E-state index in [2.05, 4.69) is 76.2 Å². The van der Waals surface area contributed by atoms with E-state index >= 15 is 0 Å². The molecule has 0 bridgehead atoms. The molecule has 0 atom stereocenters. The van der Waals surface area contributed by atoms with Crippen molar-refractivity contribution in [2.75, 3.05) is 0 Å². The third kappa shape index (κ3) is 2.31. The molecule has 0 N–H and O–H groups in total. The van der Waals surface area contributed by atoms with Crippen LogP contribution in [0.5, 0.6) is 0 Å². The maximum Gasteiger partial charge on any atom is 0.139 e. The lowest BCUT2D eigenvalue weighted by molar-refractivity contribution is 0.665. The maximum atomic E-state index is 6.28. The van der Waals surface area contributed by atoms with Gasteiger partial charge in [-0.05, 0) is 79.8 Å². The fourth-order valence-electron chi connectivity index (χ4n) is 4.92. The molecule has 0 fully saturated rings. The van der Waals surface area contributed by atoms with Crippen LogP contribution in [0.4, 0.5) is 0 Å². The molecule has 0 aliphatic rings. The molecule has 6 rings (SSSR count). The molecule has 0 amide bonds. The lowest BCUT2D eigenvalue weighted by Crippen LogP contribution is -1.87. The Kier molecular flexibility index (Phi) is 3.47. The highest BCUT2D eigenvalue weighted by atomic mass is 16.3. The largest absolute Gasteiger partial charge is 0.456 e. The number of benzene rings is 4. The molecule has 0 aliphatic carbocycles. The summed E-state index contributed by atoms with van der Waals surface area (Å²) in [5.41, 5.74) is 11.0. The van der Waals surface area contributed by atoms with Crippen molar-refractivity contribution in [2.45, 2.75) is 27.7 Å². The number of fused-ring (bicyclic) bond motifs is 6. The molecular weight excluding hydrogens is 368 g/mol. The Morgan fingerprint density at radius 2 is 1.40 bits per heavy atom. The van der Waals surface area contributed by atoms with Crippen LogP contribution in [0, 0.1) is 27.7 Å². The van der Waals surface area contributed by atoms with Crippen molar-refractivity contribution in [3.05, 3.63) is 82.9 Å². The predicted octanol–water partition coefficient (Wildman–Crippen LogP) is 8.39. The molecule has 2 aromatic heterocycles. The standard InChI is InChI=1S/C28H22O2/c1-15-11-17(3)27-23(12-15)20-10-9-19(14-25(20)30-27)22-13-16(2)26-21-7-5-6-8-24(21)29-28(26)18(22)4/h5-14H,1-4H3. The second kappa shape index (κ2) is 5.99. The van der Waals surface area contributed by atoms with Gasteiger partial charge in [-0.2, -0.15) is 0 Å². The second-order valence-electron chi connectivity index (χ2n) is 8.44. The molecule has 0 spiro atoms. The quantitative estimate of drug-likeness (QED) is 0.282. The van der Waals surface area contributed by atoms with Crippen molar-refractivity contribution < 1.29 is 8.83 Å². The van der Waals surface area contributed by atoms with Gasteiger partial charge in [-0.1, -0.05) is 36.4 Å². The summed E-state index contributed by atoms with van der Waals surface area (Å²) in [6.07, 6.45) is 0. The zero-order valence-electron chi connectivity index (χ0n) is 17.6. The summed E-state index contributed by atoms with van der Waals surface area (Å²) in [6, 6.07) is 21.5. The van der Waals surface area contributed by atoms with E-state index in [1.807, 2.05) is 12.1 Å². The molecular formula is C28H22O2. The van der Waals surface area contributed by atoms with Gasteiger partial charge >= 0.3 is 0 Å². The van der Waals surface area contributed by atoms with E-state index in [1.165, 1.54) is 43.8 Å². The van der Waals surface area contributed by atoms with Crippen LogP contribution in [0.3, 0.4) is 0 Å². The Morgan fingerprint density at radius 1 is 0.600 bits per heavy atom.